The molecule has 0 aliphatic rings. The number of hydrogen-bond donors (Lipinski definition) is 2. The second kappa shape index (κ2) is 4.78. The van der Waals surface area contributed by atoms with Gasteiger partial charge in [0.25, 0.3) is 16.0 Å². The van der Waals surface area contributed by atoms with Crippen molar-refractivity contribution in [1.29, 1.82) is 0 Å². The first kappa shape index (κ1) is 14.3. The van der Waals surface area contributed by atoms with E-state index in [0.29, 0.717) is 18.0 Å². The Morgan fingerprint density at radius 2 is 1.80 bits per heavy atom. The lowest BCUT2D eigenvalue weighted by atomic mass is 10.2. The number of aromatic nitrogens is 3. The Morgan fingerprint density at radius 1 is 1.20 bits per heavy atom. The zero-order chi connectivity index (χ0) is 15.0. The summed E-state index contributed by atoms with van der Waals surface area (Å²) in [7, 11) is -4.02. The Balaban J connectivity index is 2.26. The summed E-state index contributed by atoms with van der Waals surface area (Å²) in [5.74, 6) is 0.220. The number of benzene rings is 1. The van der Waals surface area contributed by atoms with Gasteiger partial charge in [-0.2, -0.15) is 18.2 Å². The number of aryl methyl sites for hydroxylation is 1. The number of halogens is 3. The van der Waals surface area contributed by atoms with Crippen molar-refractivity contribution in [2.24, 2.45) is 0 Å². The van der Waals surface area contributed by atoms with Crippen LogP contribution in [0, 0.1) is 6.92 Å². The third-order valence-corrected chi connectivity index (χ3v) is 3.66. The molecule has 10 heteroatoms. The van der Waals surface area contributed by atoms with Gasteiger partial charge in [-0.05, 0) is 31.2 Å². The molecule has 0 radical (unpaired) electrons. The highest BCUT2D eigenvalue weighted by Crippen LogP contribution is 2.29. The molecule has 0 fully saturated rings. The number of nitrogens with one attached hydrogen (secondary N) is 2. The van der Waals surface area contributed by atoms with Crippen LogP contribution in [0.5, 0.6) is 0 Å². The maximum absolute atomic E-state index is 12.4. The van der Waals surface area contributed by atoms with Crippen molar-refractivity contribution in [3.8, 4) is 0 Å². The highest BCUT2D eigenvalue weighted by Gasteiger charge is 2.30. The summed E-state index contributed by atoms with van der Waals surface area (Å²) in [5.41, 5.74) is -0.926. The minimum atomic E-state index is -4.52. The van der Waals surface area contributed by atoms with Gasteiger partial charge in [-0.25, -0.2) is 13.1 Å². The van der Waals surface area contributed by atoms with Gasteiger partial charge in [0.05, 0.1) is 10.5 Å². The van der Waals surface area contributed by atoms with Crippen LogP contribution in [-0.2, 0) is 16.2 Å². The van der Waals surface area contributed by atoms with Crippen molar-refractivity contribution >= 4 is 16.0 Å². The lowest BCUT2D eigenvalue weighted by Gasteiger charge is -2.08. The molecule has 0 saturated heterocycles. The van der Waals surface area contributed by atoms with E-state index in [9.17, 15) is 21.6 Å². The average molecular weight is 306 g/mol. The molecule has 6 nitrogen and oxygen atoms in total. The fourth-order valence-corrected chi connectivity index (χ4v) is 2.33. The molecule has 1 heterocycles. The molecule has 0 aliphatic carbocycles. The molecular weight excluding hydrogens is 297 g/mol. The average Bonchev–Trinajstić information content (AvgIpc) is 2.73. The van der Waals surface area contributed by atoms with Gasteiger partial charge in [0.1, 0.15) is 5.82 Å². The minimum Gasteiger partial charge on any atom is -0.261 e. The molecule has 2 aromatic rings. The standard InChI is InChI=1S/C10H9F3N4O2S/c1-6-14-9(16-15-6)17-20(18,19)8-4-2-7(3-5-8)10(11,12)13/h2-5H,1H3,(H2,14,15,16,17). The van der Waals surface area contributed by atoms with Crippen LogP contribution < -0.4 is 4.72 Å². The molecule has 0 amide bonds. The van der Waals surface area contributed by atoms with E-state index in [-0.39, 0.29) is 10.8 Å². The summed E-state index contributed by atoms with van der Waals surface area (Å²) >= 11 is 0. The van der Waals surface area contributed by atoms with E-state index in [0.717, 1.165) is 12.1 Å². The van der Waals surface area contributed by atoms with E-state index in [1.165, 1.54) is 0 Å². The number of alkyl halides is 3. The maximum atomic E-state index is 12.4. The molecule has 0 unspecified atom stereocenters. The first-order valence-corrected chi connectivity index (χ1v) is 6.76. The molecule has 108 valence electrons. The predicted molar refractivity (Wildman–Crippen MR) is 63.4 cm³/mol. The summed E-state index contributed by atoms with van der Waals surface area (Å²) < 4.78 is 63.0. The number of anilines is 1. The molecule has 2 rings (SSSR count). The van der Waals surface area contributed by atoms with Gasteiger partial charge in [0.2, 0.25) is 0 Å². The van der Waals surface area contributed by atoms with E-state index < -0.39 is 21.8 Å². The monoisotopic (exact) mass is 306 g/mol. The largest absolute Gasteiger partial charge is 0.416 e. The van der Waals surface area contributed by atoms with Crippen LogP contribution in [-0.4, -0.2) is 23.6 Å². The zero-order valence-corrected chi connectivity index (χ0v) is 10.9. The molecule has 0 saturated carbocycles. The van der Waals surface area contributed by atoms with Gasteiger partial charge in [-0.15, -0.1) is 5.10 Å². The number of hydrogen-bond acceptors (Lipinski definition) is 4. The van der Waals surface area contributed by atoms with Crippen molar-refractivity contribution in [2.45, 2.75) is 18.0 Å². The summed E-state index contributed by atoms with van der Waals surface area (Å²) in [6.45, 7) is 1.57. The van der Waals surface area contributed by atoms with Crippen molar-refractivity contribution in [3.05, 3.63) is 35.7 Å². The molecule has 1 aromatic carbocycles. The van der Waals surface area contributed by atoms with Crippen LogP contribution in [0.2, 0.25) is 0 Å². The van der Waals surface area contributed by atoms with E-state index >= 15 is 0 Å². The fraction of sp³-hybridized carbons (Fsp3) is 0.200. The lowest BCUT2D eigenvalue weighted by molar-refractivity contribution is -0.137. The first-order chi connectivity index (χ1) is 9.18. The topological polar surface area (TPSA) is 87.7 Å². The SMILES string of the molecule is Cc1nc(NS(=O)(=O)c2ccc(C(F)(F)F)cc2)n[nH]1. The third-order valence-electron chi connectivity index (χ3n) is 2.31. The van der Waals surface area contributed by atoms with E-state index in [1.807, 2.05) is 0 Å². The van der Waals surface area contributed by atoms with Crippen LogP contribution in [0.4, 0.5) is 19.1 Å². The third kappa shape index (κ3) is 3.07. The summed E-state index contributed by atoms with van der Waals surface area (Å²) in [4.78, 5) is 3.43. The molecule has 0 bridgehead atoms. The Morgan fingerprint density at radius 3 is 2.25 bits per heavy atom. The van der Waals surface area contributed by atoms with E-state index in [1.54, 1.807) is 6.92 Å². The molecule has 0 spiro atoms. The van der Waals surface area contributed by atoms with E-state index in [2.05, 4.69) is 19.9 Å². The van der Waals surface area contributed by atoms with Crippen LogP contribution in [0.1, 0.15) is 11.4 Å². The molecular formula is C10H9F3N4O2S. The van der Waals surface area contributed by atoms with Gasteiger partial charge in [-0.1, -0.05) is 0 Å². The van der Waals surface area contributed by atoms with Gasteiger partial charge >= 0.3 is 6.18 Å². The Kier molecular flexibility index (Phi) is 3.42. The maximum Gasteiger partial charge on any atom is 0.416 e. The number of sulfonamides is 1. The summed E-state index contributed by atoms with van der Waals surface area (Å²) in [6.07, 6.45) is -4.52. The molecule has 20 heavy (non-hydrogen) atoms. The van der Waals surface area contributed by atoms with Crippen LogP contribution in [0.25, 0.3) is 0 Å². The lowest BCUT2D eigenvalue weighted by Crippen LogP contribution is -2.14. The number of aromatic amines is 1. The van der Waals surface area contributed by atoms with Crippen LogP contribution in [0.15, 0.2) is 29.2 Å². The number of rotatable bonds is 3. The molecule has 1 aromatic heterocycles. The van der Waals surface area contributed by atoms with Crippen molar-refractivity contribution in [2.75, 3.05) is 4.72 Å². The van der Waals surface area contributed by atoms with Crippen molar-refractivity contribution in [1.82, 2.24) is 15.2 Å². The Labute approximate surface area is 112 Å². The molecule has 0 aliphatic heterocycles. The highest BCUT2D eigenvalue weighted by atomic mass is 32.2. The van der Waals surface area contributed by atoms with Crippen molar-refractivity contribution < 1.29 is 21.6 Å². The van der Waals surface area contributed by atoms with Gasteiger partial charge < -0.3 is 0 Å². The molecule has 0 atom stereocenters. The number of H-pyrrole nitrogens is 1. The van der Waals surface area contributed by atoms with Crippen LogP contribution >= 0.6 is 0 Å². The second-order valence-electron chi connectivity index (χ2n) is 3.87. The number of nitrogens with zero attached hydrogens (tertiary/aromatic N) is 2. The van der Waals surface area contributed by atoms with Gasteiger partial charge in [0.15, 0.2) is 0 Å². The second-order valence-corrected chi connectivity index (χ2v) is 5.55. The highest BCUT2D eigenvalue weighted by molar-refractivity contribution is 7.92. The van der Waals surface area contributed by atoms with E-state index in [4.69, 9.17) is 0 Å². The quantitative estimate of drug-likeness (QED) is 0.907. The molecule has 2 N–H and O–H groups in total. The Hall–Kier alpha value is -2.10. The minimum absolute atomic E-state index is 0.178. The zero-order valence-electron chi connectivity index (χ0n) is 10.1. The summed E-state index contributed by atoms with van der Waals surface area (Å²) in [5, 5.41) is 6.01. The van der Waals surface area contributed by atoms with Crippen LogP contribution in [0.3, 0.4) is 0 Å². The normalized spacial score (nSPS) is 12.4. The fourth-order valence-electron chi connectivity index (χ4n) is 1.39. The Bertz CT molecular complexity index is 707. The summed E-state index contributed by atoms with van der Waals surface area (Å²) in [6, 6.07) is 3.12. The van der Waals surface area contributed by atoms with Crippen molar-refractivity contribution in [3.63, 3.8) is 0 Å². The smallest absolute Gasteiger partial charge is 0.261 e. The first-order valence-electron chi connectivity index (χ1n) is 5.27. The van der Waals surface area contributed by atoms with Gasteiger partial charge in [-0.3, -0.25) is 5.10 Å². The predicted octanol–water partition coefficient (Wildman–Crippen LogP) is 1.93. The van der Waals surface area contributed by atoms with Gasteiger partial charge in [0, 0.05) is 0 Å².